The van der Waals surface area contributed by atoms with Gasteiger partial charge in [0, 0.05) is 18.0 Å². The fourth-order valence-corrected chi connectivity index (χ4v) is 7.18. The van der Waals surface area contributed by atoms with Gasteiger partial charge in [-0.25, -0.2) is 4.98 Å². The third kappa shape index (κ3) is 4.67. The molecule has 0 spiro atoms. The highest BCUT2D eigenvalue weighted by atomic mass is 15.0. The first kappa shape index (κ1) is 27.3. The highest BCUT2D eigenvalue weighted by Gasteiger charge is 2.19. The minimum absolute atomic E-state index is 0.872. The molecule has 8 aromatic rings. The van der Waals surface area contributed by atoms with Crippen molar-refractivity contribution in [1.82, 2.24) is 14.4 Å². The van der Waals surface area contributed by atoms with E-state index in [0.29, 0.717) is 0 Å². The summed E-state index contributed by atoms with van der Waals surface area (Å²) in [5.74, 6) is 0.906. The normalized spacial score (nSPS) is 13.0. The van der Waals surface area contributed by atoms with E-state index in [-0.39, 0.29) is 0 Å². The Bertz CT molecular complexity index is 2490. The highest BCUT2D eigenvalue weighted by molar-refractivity contribution is 6.19. The van der Waals surface area contributed by atoms with Gasteiger partial charge in [-0.3, -0.25) is 9.38 Å². The molecular weight excluding hydrogens is 571 g/mol. The van der Waals surface area contributed by atoms with Crippen LogP contribution in [0.25, 0.3) is 77.7 Å². The van der Waals surface area contributed by atoms with Crippen LogP contribution < -0.4 is 0 Å². The Labute approximate surface area is 273 Å². The SMILES string of the molecule is C1=CCCC(c2c3ccccc3c(-c3ccccc3)c3cc(-c4ccc(-c5nc(-c6ccccn6)c6ccccn56)cc4)ccc23)=C1. The van der Waals surface area contributed by atoms with E-state index in [1.165, 1.54) is 54.9 Å². The number of aromatic nitrogens is 3. The van der Waals surface area contributed by atoms with Crippen LogP contribution in [0, 0.1) is 0 Å². The number of pyridine rings is 2. The van der Waals surface area contributed by atoms with Crippen molar-refractivity contribution in [1.29, 1.82) is 0 Å². The Morgan fingerprint density at radius 1 is 0.553 bits per heavy atom. The first-order valence-corrected chi connectivity index (χ1v) is 16.2. The topological polar surface area (TPSA) is 30.2 Å². The van der Waals surface area contributed by atoms with Gasteiger partial charge in [0.2, 0.25) is 0 Å². The molecular formula is C44H31N3. The molecule has 9 rings (SSSR count). The Morgan fingerprint density at radius 3 is 2.06 bits per heavy atom. The first-order chi connectivity index (χ1) is 23.3. The number of hydrogen-bond acceptors (Lipinski definition) is 2. The van der Waals surface area contributed by atoms with Gasteiger partial charge in [-0.1, -0.05) is 121 Å². The van der Waals surface area contributed by atoms with Crippen LogP contribution in [0.5, 0.6) is 0 Å². The van der Waals surface area contributed by atoms with Gasteiger partial charge < -0.3 is 0 Å². The molecule has 5 aromatic carbocycles. The van der Waals surface area contributed by atoms with Crippen molar-refractivity contribution in [2.45, 2.75) is 12.8 Å². The Kier molecular flexibility index (Phi) is 6.60. The van der Waals surface area contributed by atoms with Crippen molar-refractivity contribution in [3.05, 3.63) is 170 Å². The fourth-order valence-electron chi connectivity index (χ4n) is 7.18. The molecule has 3 heteroatoms. The van der Waals surface area contributed by atoms with Gasteiger partial charge in [0.25, 0.3) is 0 Å². The summed E-state index contributed by atoms with van der Waals surface area (Å²) in [6.07, 6.45) is 12.8. The van der Waals surface area contributed by atoms with Crippen LogP contribution in [0.1, 0.15) is 18.4 Å². The second kappa shape index (κ2) is 11.4. The highest BCUT2D eigenvalue weighted by Crippen LogP contribution is 2.44. The van der Waals surface area contributed by atoms with E-state index in [9.17, 15) is 0 Å². The molecule has 0 radical (unpaired) electrons. The van der Waals surface area contributed by atoms with E-state index >= 15 is 0 Å². The van der Waals surface area contributed by atoms with Gasteiger partial charge >= 0.3 is 0 Å². The summed E-state index contributed by atoms with van der Waals surface area (Å²) in [4.78, 5) is 9.68. The van der Waals surface area contributed by atoms with Crippen LogP contribution in [-0.4, -0.2) is 14.4 Å². The van der Waals surface area contributed by atoms with E-state index in [1.54, 1.807) is 0 Å². The van der Waals surface area contributed by atoms with Gasteiger partial charge in [-0.05, 0) is 98.1 Å². The molecule has 0 atom stereocenters. The van der Waals surface area contributed by atoms with E-state index in [2.05, 4.69) is 143 Å². The summed E-state index contributed by atoms with van der Waals surface area (Å²) in [7, 11) is 0. The van der Waals surface area contributed by atoms with Crippen molar-refractivity contribution >= 4 is 32.6 Å². The van der Waals surface area contributed by atoms with Crippen LogP contribution in [0.3, 0.4) is 0 Å². The number of hydrogen-bond donors (Lipinski definition) is 0. The molecule has 0 saturated heterocycles. The zero-order valence-corrected chi connectivity index (χ0v) is 25.8. The van der Waals surface area contributed by atoms with Crippen LogP contribution >= 0.6 is 0 Å². The van der Waals surface area contributed by atoms with Crippen molar-refractivity contribution in [2.75, 3.05) is 0 Å². The second-order valence-electron chi connectivity index (χ2n) is 12.1. The van der Waals surface area contributed by atoms with Crippen LogP contribution in [0.15, 0.2) is 164 Å². The van der Waals surface area contributed by atoms with E-state index < -0.39 is 0 Å². The summed E-state index contributed by atoms with van der Waals surface area (Å²) in [5, 5.41) is 5.19. The lowest BCUT2D eigenvalue weighted by atomic mass is 9.83. The lowest BCUT2D eigenvalue weighted by Gasteiger charge is -2.20. The van der Waals surface area contributed by atoms with Crippen molar-refractivity contribution in [3.8, 4) is 45.0 Å². The molecule has 1 aliphatic carbocycles. The molecule has 0 N–H and O–H groups in total. The largest absolute Gasteiger partial charge is 0.299 e. The smallest absolute Gasteiger partial charge is 0.145 e. The number of rotatable bonds is 5. The predicted molar refractivity (Wildman–Crippen MR) is 196 cm³/mol. The van der Waals surface area contributed by atoms with Gasteiger partial charge in [0.05, 0.1) is 11.2 Å². The molecule has 0 amide bonds. The average molecular weight is 602 g/mol. The predicted octanol–water partition coefficient (Wildman–Crippen LogP) is 11.4. The molecule has 3 aromatic heterocycles. The van der Waals surface area contributed by atoms with Crippen molar-refractivity contribution in [3.63, 3.8) is 0 Å². The summed E-state index contributed by atoms with van der Waals surface area (Å²) in [6.45, 7) is 0. The maximum atomic E-state index is 5.09. The number of allylic oxidation sites excluding steroid dienone is 4. The Morgan fingerprint density at radius 2 is 1.28 bits per heavy atom. The molecule has 0 saturated carbocycles. The molecule has 3 nitrogen and oxygen atoms in total. The van der Waals surface area contributed by atoms with Gasteiger partial charge in [-0.15, -0.1) is 0 Å². The fraction of sp³-hybridized carbons (Fsp3) is 0.0455. The monoisotopic (exact) mass is 601 g/mol. The van der Waals surface area contributed by atoms with Gasteiger partial charge in [-0.2, -0.15) is 0 Å². The first-order valence-electron chi connectivity index (χ1n) is 16.2. The van der Waals surface area contributed by atoms with E-state index in [1.807, 2.05) is 30.5 Å². The van der Waals surface area contributed by atoms with Gasteiger partial charge in [0.1, 0.15) is 11.5 Å². The molecule has 0 aliphatic heterocycles. The molecule has 1 aliphatic rings. The lowest BCUT2D eigenvalue weighted by molar-refractivity contribution is 1.06. The van der Waals surface area contributed by atoms with Crippen LogP contribution in [0.2, 0.25) is 0 Å². The third-order valence-electron chi connectivity index (χ3n) is 9.35. The third-order valence-corrected chi connectivity index (χ3v) is 9.35. The minimum Gasteiger partial charge on any atom is -0.299 e. The summed E-state index contributed by atoms with van der Waals surface area (Å²) >= 11 is 0. The lowest BCUT2D eigenvalue weighted by Crippen LogP contribution is -1.96. The average Bonchev–Trinajstić information content (AvgIpc) is 3.54. The second-order valence-corrected chi connectivity index (χ2v) is 12.1. The molecule has 47 heavy (non-hydrogen) atoms. The molecule has 0 fully saturated rings. The molecule has 0 unspecified atom stereocenters. The number of nitrogens with zero attached hydrogens (tertiary/aromatic N) is 3. The van der Waals surface area contributed by atoms with Crippen LogP contribution in [0.4, 0.5) is 0 Å². The van der Waals surface area contributed by atoms with E-state index in [4.69, 9.17) is 4.98 Å². The molecule has 0 bridgehead atoms. The van der Waals surface area contributed by atoms with E-state index in [0.717, 1.165) is 41.1 Å². The summed E-state index contributed by atoms with van der Waals surface area (Å²) < 4.78 is 2.16. The standard InChI is InChI=1S/C44H31N3/c1-3-13-31(14-4-1)41-35-17-7-8-18-36(35)42(32-15-5-2-6-16-32)38-29-34(25-26-37(38)41)30-21-23-33(24-22-30)44-46-43(39-19-9-11-27-45-39)40-20-10-12-28-47(40)44/h1-3,5-13,15-29H,4,14H2. The van der Waals surface area contributed by atoms with Crippen molar-refractivity contribution < 1.29 is 0 Å². The summed E-state index contributed by atoms with van der Waals surface area (Å²) in [5.41, 5.74) is 11.5. The molecule has 3 heterocycles. The van der Waals surface area contributed by atoms with Crippen LogP contribution in [-0.2, 0) is 0 Å². The van der Waals surface area contributed by atoms with Gasteiger partial charge in [0.15, 0.2) is 0 Å². The minimum atomic E-state index is 0.872. The quantitative estimate of drug-likeness (QED) is 0.184. The number of fused-ring (bicyclic) bond motifs is 3. The molecule has 222 valence electrons. The Balaban J connectivity index is 1.21. The zero-order chi connectivity index (χ0) is 31.2. The number of benzene rings is 5. The summed E-state index contributed by atoms with van der Waals surface area (Å²) in [6, 6.07) is 47.8. The Hall–Kier alpha value is -6.06. The zero-order valence-electron chi connectivity index (χ0n) is 25.8. The van der Waals surface area contributed by atoms with Crippen molar-refractivity contribution in [2.24, 2.45) is 0 Å². The maximum Gasteiger partial charge on any atom is 0.145 e. The number of imidazole rings is 1. The maximum absolute atomic E-state index is 5.09.